The summed E-state index contributed by atoms with van der Waals surface area (Å²) < 4.78 is 2.35. The number of nitrogens with one attached hydrogen (secondary N) is 1. The average molecular weight is 357 g/mol. The maximum atomic E-state index is 13.5. The van der Waals surface area contributed by atoms with Gasteiger partial charge in [0.2, 0.25) is 0 Å². The number of hydrogen-bond acceptors (Lipinski definition) is 3. The van der Waals surface area contributed by atoms with Gasteiger partial charge in [-0.25, -0.2) is 0 Å². The second-order valence-corrected chi connectivity index (χ2v) is 7.37. The fourth-order valence-corrected chi connectivity index (χ4v) is 4.40. The van der Waals surface area contributed by atoms with E-state index in [0.29, 0.717) is 0 Å². The number of nitrogens with zero attached hydrogens (tertiary/aromatic N) is 2. The van der Waals surface area contributed by atoms with Gasteiger partial charge < -0.3 is 9.88 Å². The van der Waals surface area contributed by atoms with Crippen molar-refractivity contribution in [2.75, 3.05) is 18.4 Å². The molecule has 3 heterocycles. The first-order valence-corrected chi connectivity index (χ1v) is 9.65. The lowest BCUT2D eigenvalue weighted by atomic mass is 9.97. The van der Waals surface area contributed by atoms with Crippen LogP contribution in [0.4, 0.5) is 5.82 Å². The Morgan fingerprint density at radius 2 is 1.67 bits per heavy atom. The van der Waals surface area contributed by atoms with Crippen LogP contribution in [0.1, 0.15) is 16.8 Å². The first kappa shape index (κ1) is 16.3. The number of anilines is 1. The first-order chi connectivity index (χ1) is 13.3. The Kier molecular flexibility index (Phi) is 4.06. The molecule has 0 saturated heterocycles. The number of pyridine rings is 1. The Bertz CT molecular complexity index is 1020. The predicted molar refractivity (Wildman–Crippen MR) is 109 cm³/mol. The summed E-state index contributed by atoms with van der Waals surface area (Å²) >= 11 is 0. The van der Waals surface area contributed by atoms with Gasteiger partial charge in [-0.05, 0) is 11.1 Å². The topological polar surface area (TPSA) is 37.3 Å². The largest absolute Gasteiger partial charge is 0.369 e. The Morgan fingerprint density at radius 3 is 2.44 bits per heavy atom. The summed E-state index contributed by atoms with van der Waals surface area (Å²) in [6, 6.07) is 20.6. The van der Waals surface area contributed by atoms with Crippen LogP contribution in [0.3, 0.4) is 0 Å². The normalized spacial score (nSPS) is 15.9. The molecule has 0 atom stereocenters. The third kappa shape index (κ3) is 2.86. The molecular weight excluding hydrogens is 334 g/mol. The second-order valence-electron chi connectivity index (χ2n) is 7.37. The lowest BCUT2D eigenvalue weighted by molar-refractivity contribution is 0.240. The van der Waals surface area contributed by atoms with Crippen LogP contribution in [0, 0.1) is 0 Å². The highest BCUT2D eigenvalue weighted by atomic mass is 16.1. The zero-order chi connectivity index (χ0) is 18.2. The molecule has 0 amide bonds. The Labute approximate surface area is 159 Å². The molecule has 27 heavy (non-hydrogen) atoms. The third-order valence-corrected chi connectivity index (χ3v) is 5.67. The van der Waals surface area contributed by atoms with E-state index in [1.165, 1.54) is 11.3 Å². The molecule has 5 rings (SSSR count). The van der Waals surface area contributed by atoms with Crippen molar-refractivity contribution in [3.63, 3.8) is 0 Å². The predicted octanol–water partition coefficient (Wildman–Crippen LogP) is 3.50. The molecule has 4 heteroatoms. The van der Waals surface area contributed by atoms with Gasteiger partial charge in [0.1, 0.15) is 5.82 Å². The van der Waals surface area contributed by atoms with Gasteiger partial charge in [-0.2, -0.15) is 0 Å². The van der Waals surface area contributed by atoms with Crippen LogP contribution in [0.15, 0.2) is 65.5 Å². The Morgan fingerprint density at radius 1 is 0.926 bits per heavy atom. The van der Waals surface area contributed by atoms with Crippen LogP contribution >= 0.6 is 0 Å². The van der Waals surface area contributed by atoms with E-state index < -0.39 is 0 Å². The van der Waals surface area contributed by atoms with Gasteiger partial charge >= 0.3 is 0 Å². The average Bonchev–Trinajstić information content (AvgIpc) is 3.19. The molecule has 136 valence electrons. The van der Waals surface area contributed by atoms with Crippen LogP contribution in [0.25, 0.3) is 11.1 Å². The van der Waals surface area contributed by atoms with Crippen LogP contribution in [0.5, 0.6) is 0 Å². The first-order valence-electron chi connectivity index (χ1n) is 9.65. The minimum atomic E-state index is 0.189. The van der Waals surface area contributed by atoms with E-state index in [-0.39, 0.29) is 5.43 Å². The number of fused-ring (bicyclic) bond motifs is 3. The highest BCUT2D eigenvalue weighted by Gasteiger charge is 2.28. The van der Waals surface area contributed by atoms with Crippen molar-refractivity contribution >= 4 is 5.82 Å². The lowest BCUT2D eigenvalue weighted by Crippen LogP contribution is -2.36. The van der Waals surface area contributed by atoms with E-state index in [9.17, 15) is 4.79 Å². The van der Waals surface area contributed by atoms with Gasteiger partial charge in [0.15, 0.2) is 5.43 Å². The molecule has 0 aliphatic carbocycles. The maximum absolute atomic E-state index is 13.5. The highest BCUT2D eigenvalue weighted by Crippen LogP contribution is 2.32. The second kappa shape index (κ2) is 6.71. The van der Waals surface area contributed by atoms with Gasteiger partial charge in [-0.1, -0.05) is 60.7 Å². The molecule has 3 aromatic rings. The Hall–Kier alpha value is -2.85. The fourth-order valence-electron chi connectivity index (χ4n) is 4.40. The zero-order valence-corrected chi connectivity index (χ0v) is 15.3. The molecule has 2 aliphatic heterocycles. The smallest absolute Gasteiger partial charge is 0.196 e. The van der Waals surface area contributed by atoms with Crippen LogP contribution < -0.4 is 10.7 Å². The molecule has 0 spiro atoms. The van der Waals surface area contributed by atoms with Crippen molar-refractivity contribution in [3.8, 4) is 11.1 Å². The van der Waals surface area contributed by atoms with Gasteiger partial charge in [-0.3, -0.25) is 9.69 Å². The van der Waals surface area contributed by atoms with Crippen LogP contribution in [-0.2, 0) is 26.1 Å². The zero-order valence-electron chi connectivity index (χ0n) is 15.3. The molecule has 0 saturated carbocycles. The van der Waals surface area contributed by atoms with Crippen LogP contribution in [-0.4, -0.2) is 22.6 Å². The highest BCUT2D eigenvalue weighted by molar-refractivity contribution is 5.77. The monoisotopic (exact) mass is 357 g/mol. The molecule has 4 nitrogen and oxygen atoms in total. The minimum Gasteiger partial charge on any atom is -0.369 e. The Balaban J connectivity index is 1.57. The van der Waals surface area contributed by atoms with Gasteiger partial charge in [-0.15, -0.1) is 0 Å². The van der Waals surface area contributed by atoms with E-state index in [0.717, 1.165) is 61.7 Å². The van der Waals surface area contributed by atoms with Crippen molar-refractivity contribution in [2.24, 2.45) is 0 Å². The number of hydrogen-bond donors (Lipinski definition) is 1. The van der Waals surface area contributed by atoms with Crippen molar-refractivity contribution in [2.45, 2.75) is 26.1 Å². The fraction of sp³-hybridized carbons (Fsp3) is 0.261. The quantitative estimate of drug-likeness (QED) is 0.780. The molecule has 0 radical (unpaired) electrons. The summed E-state index contributed by atoms with van der Waals surface area (Å²) in [5, 5.41) is 3.46. The van der Waals surface area contributed by atoms with E-state index in [1.54, 1.807) is 0 Å². The van der Waals surface area contributed by atoms with Crippen molar-refractivity contribution in [3.05, 3.63) is 87.7 Å². The van der Waals surface area contributed by atoms with E-state index in [2.05, 4.69) is 39.0 Å². The third-order valence-electron chi connectivity index (χ3n) is 5.67. The summed E-state index contributed by atoms with van der Waals surface area (Å²) in [5.41, 5.74) is 5.52. The summed E-state index contributed by atoms with van der Waals surface area (Å²) in [5.74, 6) is 1.00. The standard InChI is InChI=1S/C23H23N3O/c27-22-19-16-25(15-17-7-3-1-4-8-17)13-11-20(19)26-14-12-24-23(26)21(22)18-9-5-2-6-10-18/h1-10,24H,11-16H2. The van der Waals surface area contributed by atoms with Crippen LogP contribution in [0.2, 0.25) is 0 Å². The maximum Gasteiger partial charge on any atom is 0.196 e. The summed E-state index contributed by atoms with van der Waals surface area (Å²) in [7, 11) is 0. The van der Waals surface area contributed by atoms with E-state index in [1.807, 2.05) is 36.4 Å². The summed E-state index contributed by atoms with van der Waals surface area (Å²) in [6.07, 6.45) is 0.932. The van der Waals surface area contributed by atoms with Gasteiger partial charge in [0, 0.05) is 50.4 Å². The molecule has 2 aromatic carbocycles. The number of rotatable bonds is 3. The van der Waals surface area contributed by atoms with Crippen molar-refractivity contribution in [1.29, 1.82) is 0 Å². The number of aromatic nitrogens is 1. The molecule has 1 aromatic heterocycles. The molecular formula is C23H23N3O. The molecule has 0 bridgehead atoms. The van der Waals surface area contributed by atoms with Crippen molar-refractivity contribution in [1.82, 2.24) is 9.47 Å². The SMILES string of the molecule is O=c1c2c(n3c(c1-c1ccccc1)NCC3)CCN(Cc1ccccc1)C2. The minimum absolute atomic E-state index is 0.189. The van der Waals surface area contributed by atoms with Gasteiger partial charge in [0.25, 0.3) is 0 Å². The molecule has 1 N–H and O–H groups in total. The molecule has 2 aliphatic rings. The van der Waals surface area contributed by atoms with E-state index >= 15 is 0 Å². The summed E-state index contributed by atoms with van der Waals surface area (Å²) in [6.45, 7) is 4.44. The van der Waals surface area contributed by atoms with Gasteiger partial charge in [0.05, 0.1) is 5.56 Å². The molecule has 0 unspecified atom stereocenters. The van der Waals surface area contributed by atoms with Crippen molar-refractivity contribution < 1.29 is 0 Å². The number of benzene rings is 2. The lowest BCUT2D eigenvalue weighted by Gasteiger charge is -2.31. The molecule has 0 fully saturated rings. The summed E-state index contributed by atoms with van der Waals surface area (Å²) in [4.78, 5) is 15.9. The van der Waals surface area contributed by atoms with E-state index in [4.69, 9.17) is 0 Å².